The molecule has 0 N–H and O–H groups in total. The summed E-state index contributed by atoms with van der Waals surface area (Å²) in [6.45, 7) is 4.66. The second-order valence-electron chi connectivity index (χ2n) is 5.02. The predicted molar refractivity (Wildman–Crippen MR) is 83.0 cm³/mol. The molecule has 2 rings (SSSR count). The van der Waals surface area contributed by atoms with Crippen molar-refractivity contribution in [3.8, 4) is 0 Å². The Kier molecular flexibility index (Phi) is 4.52. The SMILES string of the molecule is CCN(C)c1cnn(CC(=O)c2cccc(C)c2)c(=O)c1. The number of hydrogen-bond acceptors (Lipinski definition) is 4. The van der Waals surface area contributed by atoms with Gasteiger partial charge in [0.2, 0.25) is 0 Å². The van der Waals surface area contributed by atoms with Crippen LogP contribution in [-0.4, -0.2) is 29.2 Å². The van der Waals surface area contributed by atoms with Gasteiger partial charge in [-0.1, -0.05) is 23.8 Å². The Morgan fingerprint density at radius 1 is 1.33 bits per heavy atom. The van der Waals surface area contributed by atoms with E-state index in [0.29, 0.717) is 5.56 Å². The molecule has 0 aliphatic rings. The first kappa shape index (κ1) is 15.0. The highest BCUT2D eigenvalue weighted by molar-refractivity contribution is 5.95. The Balaban J connectivity index is 2.20. The predicted octanol–water partition coefficient (Wildman–Crippen LogP) is 1.89. The van der Waals surface area contributed by atoms with Gasteiger partial charge in [-0.05, 0) is 19.9 Å². The number of aromatic nitrogens is 2. The molecule has 0 amide bonds. The zero-order valence-electron chi connectivity index (χ0n) is 12.5. The minimum absolute atomic E-state index is 0.0432. The van der Waals surface area contributed by atoms with Crippen molar-refractivity contribution in [2.75, 3.05) is 18.5 Å². The summed E-state index contributed by atoms with van der Waals surface area (Å²) in [6.07, 6.45) is 1.61. The molecule has 2 aromatic rings. The lowest BCUT2D eigenvalue weighted by atomic mass is 10.1. The zero-order valence-corrected chi connectivity index (χ0v) is 12.5. The summed E-state index contributed by atoms with van der Waals surface area (Å²) in [5.74, 6) is -0.120. The number of anilines is 1. The van der Waals surface area contributed by atoms with Gasteiger partial charge in [0.25, 0.3) is 5.56 Å². The Bertz CT molecular complexity index is 707. The Hall–Kier alpha value is -2.43. The number of carbonyl (C=O) groups excluding carboxylic acids is 1. The van der Waals surface area contributed by atoms with Crippen LogP contribution in [0.1, 0.15) is 22.8 Å². The van der Waals surface area contributed by atoms with Crippen LogP contribution in [0.5, 0.6) is 0 Å². The van der Waals surface area contributed by atoms with Gasteiger partial charge in [0.1, 0.15) is 6.54 Å². The van der Waals surface area contributed by atoms with E-state index in [4.69, 9.17) is 0 Å². The van der Waals surface area contributed by atoms with E-state index in [9.17, 15) is 9.59 Å². The van der Waals surface area contributed by atoms with Crippen LogP contribution in [0, 0.1) is 6.92 Å². The molecule has 5 heteroatoms. The van der Waals surface area contributed by atoms with Gasteiger partial charge in [0.15, 0.2) is 5.78 Å². The van der Waals surface area contributed by atoms with Crippen LogP contribution >= 0.6 is 0 Å². The van der Waals surface area contributed by atoms with Crippen molar-refractivity contribution < 1.29 is 4.79 Å². The van der Waals surface area contributed by atoms with Crippen molar-refractivity contribution in [3.63, 3.8) is 0 Å². The maximum atomic E-state index is 12.2. The molecule has 0 fully saturated rings. The van der Waals surface area contributed by atoms with E-state index in [1.54, 1.807) is 12.3 Å². The van der Waals surface area contributed by atoms with Crippen molar-refractivity contribution in [1.29, 1.82) is 0 Å². The molecule has 0 aliphatic carbocycles. The number of aryl methyl sites for hydroxylation is 1. The molecular weight excluding hydrogens is 266 g/mol. The van der Waals surface area contributed by atoms with E-state index < -0.39 is 0 Å². The third-order valence-electron chi connectivity index (χ3n) is 3.40. The summed E-state index contributed by atoms with van der Waals surface area (Å²) < 4.78 is 1.19. The first-order chi connectivity index (χ1) is 10.0. The van der Waals surface area contributed by atoms with Gasteiger partial charge < -0.3 is 4.90 Å². The number of rotatable bonds is 5. The molecule has 0 saturated heterocycles. The summed E-state index contributed by atoms with van der Waals surface area (Å²) in [5, 5.41) is 4.08. The largest absolute Gasteiger partial charge is 0.373 e. The first-order valence-corrected chi connectivity index (χ1v) is 6.89. The molecule has 1 heterocycles. The van der Waals surface area contributed by atoms with E-state index in [1.165, 1.54) is 10.7 Å². The minimum Gasteiger partial charge on any atom is -0.373 e. The molecule has 0 unspecified atom stereocenters. The van der Waals surface area contributed by atoms with E-state index in [-0.39, 0.29) is 17.9 Å². The minimum atomic E-state index is -0.270. The van der Waals surface area contributed by atoms with E-state index in [1.807, 2.05) is 44.0 Å². The topological polar surface area (TPSA) is 55.2 Å². The van der Waals surface area contributed by atoms with Crippen molar-refractivity contribution in [1.82, 2.24) is 9.78 Å². The zero-order chi connectivity index (χ0) is 15.4. The summed E-state index contributed by atoms with van der Waals surface area (Å²) in [4.78, 5) is 26.1. The molecule has 21 heavy (non-hydrogen) atoms. The third kappa shape index (κ3) is 3.56. The Labute approximate surface area is 123 Å². The van der Waals surface area contributed by atoms with Crippen LogP contribution in [0.25, 0.3) is 0 Å². The summed E-state index contributed by atoms with van der Waals surface area (Å²) in [6, 6.07) is 8.82. The highest BCUT2D eigenvalue weighted by atomic mass is 16.1. The van der Waals surface area contributed by atoms with Gasteiger partial charge in [0, 0.05) is 25.2 Å². The summed E-state index contributed by atoms with van der Waals surface area (Å²) in [5.41, 5.74) is 2.09. The summed E-state index contributed by atoms with van der Waals surface area (Å²) >= 11 is 0. The lowest BCUT2D eigenvalue weighted by molar-refractivity contribution is 0.0965. The number of benzene rings is 1. The smallest absolute Gasteiger partial charge is 0.269 e. The van der Waals surface area contributed by atoms with Gasteiger partial charge in [-0.3, -0.25) is 9.59 Å². The van der Waals surface area contributed by atoms with E-state index >= 15 is 0 Å². The van der Waals surface area contributed by atoms with Crippen LogP contribution in [0.3, 0.4) is 0 Å². The normalized spacial score (nSPS) is 10.4. The van der Waals surface area contributed by atoms with Crippen molar-refractivity contribution in [2.45, 2.75) is 20.4 Å². The molecule has 0 spiro atoms. The lowest BCUT2D eigenvalue weighted by Crippen LogP contribution is -2.28. The molecule has 0 radical (unpaired) electrons. The van der Waals surface area contributed by atoms with Crippen molar-refractivity contribution in [2.24, 2.45) is 0 Å². The maximum absolute atomic E-state index is 12.2. The van der Waals surface area contributed by atoms with E-state index in [2.05, 4.69) is 5.10 Å². The average molecular weight is 285 g/mol. The fraction of sp³-hybridized carbons (Fsp3) is 0.312. The molecule has 1 aromatic carbocycles. The monoisotopic (exact) mass is 285 g/mol. The molecule has 0 bridgehead atoms. The van der Waals surface area contributed by atoms with Crippen LogP contribution in [-0.2, 0) is 6.54 Å². The molecule has 0 atom stereocenters. The molecule has 0 saturated carbocycles. The fourth-order valence-corrected chi connectivity index (χ4v) is 1.98. The fourth-order valence-electron chi connectivity index (χ4n) is 1.98. The molecular formula is C16H19N3O2. The van der Waals surface area contributed by atoms with Crippen LogP contribution in [0.15, 0.2) is 41.3 Å². The van der Waals surface area contributed by atoms with Gasteiger partial charge >= 0.3 is 0 Å². The second-order valence-corrected chi connectivity index (χ2v) is 5.02. The highest BCUT2D eigenvalue weighted by Crippen LogP contribution is 2.08. The number of ketones is 1. The number of carbonyl (C=O) groups is 1. The second kappa shape index (κ2) is 6.35. The van der Waals surface area contributed by atoms with Crippen LogP contribution < -0.4 is 10.5 Å². The standard InChI is InChI=1S/C16H19N3O2/c1-4-18(3)14-9-16(21)19(17-10-14)11-15(20)13-7-5-6-12(2)8-13/h5-10H,4,11H2,1-3H3. The molecule has 110 valence electrons. The van der Waals surface area contributed by atoms with Gasteiger partial charge in [-0.15, -0.1) is 0 Å². The van der Waals surface area contributed by atoms with Gasteiger partial charge in [0.05, 0.1) is 11.9 Å². The molecule has 0 aliphatic heterocycles. The highest BCUT2D eigenvalue weighted by Gasteiger charge is 2.10. The number of nitrogens with zero attached hydrogens (tertiary/aromatic N) is 3. The Morgan fingerprint density at radius 3 is 2.71 bits per heavy atom. The number of Topliss-reactive ketones (excluding diaryl/α,β-unsaturated/α-hetero) is 1. The number of hydrogen-bond donors (Lipinski definition) is 0. The first-order valence-electron chi connectivity index (χ1n) is 6.89. The molecule has 1 aromatic heterocycles. The summed E-state index contributed by atoms with van der Waals surface area (Å²) in [7, 11) is 1.89. The molecule has 5 nitrogen and oxygen atoms in total. The van der Waals surface area contributed by atoms with Crippen molar-refractivity contribution >= 4 is 11.5 Å². The average Bonchev–Trinajstić information content (AvgIpc) is 2.48. The van der Waals surface area contributed by atoms with Crippen LogP contribution in [0.2, 0.25) is 0 Å². The lowest BCUT2D eigenvalue weighted by Gasteiger charge is -2.16. The maximum Gasteiger partial charge on any atom is 0.269 e. The third-order valence-corrected chi connectivity index (χ3v) is 3.40. The Morgan fingerprint density at radius 2 is 2.10 bits per heavy atom. The van der Waals surface area contributed by atoms with Crippen LogP contribution in [0.4, 0.5) is 5.69 Å². The van der Waals surface area contributed by atoms with Gasteiger partial charge in [-0.25, -0.2) is 4.68 Å². The van der Waals surface area contributed by atoms with Crippen molar-refractivity contribution in [3.05, 3.63) is 58.0 Å². The van der Waals surface area contributed by atoms with Gasteiger partial charge in [-0.2, -0.15) is 5.10 Å². The van der Waals surface area contributed by atoms with E-state index in [0.717, 1.165) is 17.8 Å². The quantitative estimate of drug-likeness (QED) is 0.787.